The Labute approximate surface area is 128 Å². The van der Waals surface area contributed by atoms with Gasteiger partial charge in [-0.25, -0.2) is 0 Å². The van der Waals surface area contributed by atoms with Gasteiger partial charge in [0.1, 0.15) is 5.75 Å². The molecule has 0 heterocycles. The summed E-state index contributed by atoms with van der Waals surface area (Å²) in [6.07, 6.45) is 7.28. The fourth-order valence-corrected chi connectivity index (χ4v) is 2.66. The van der Waals surface area contributed by atoms with Crippen LogP contribution in [0.1, 0.15) is 62.7 Å². The molecular weight excluding hydrogens is 262 g/mol. The van der Waals surface area contributed by atoms with Gasteiger partial charge in [0.05, 0.1) is 6.61 Å². The van der Waals surface area contributed by atoms with Gasteiger partial charge in [0.15, 0.2) is 0 Å². The molecule has 2 rings (SSSR count). The minimum Gasteiger partial charge on any atom is -0.493 e. The maximum absolute atomic E-state index is 12.3. The Morgan fingerprint density at radius 3 is 2.33 bits per heavy atom. The number of hydrogen-bond acceptors (Lipinski definition) is 2. The summed E-state index contributed by atoms with van der Waals surface area (Å²) < 4.78 is 5.64. The van der Waals surface area contributed by atoms with E-state index in [0.29, 0.717) is 18.6 Å². The molecule has 1 fully saturated rings. The molecule has 116 valence electrons. The molecule has 0 spiro atoms. The number of nitrogens with one attached hydrogen (secondary N) is 1. The van der Waals surface area contributed by atoms with Gasteiger partial charge in [-0.15, -0.1) is 0 Å². The molecule has 0 bridgehead atoms. The molecule has 0 saturated heterocycles. The minimum absolute atomic E-state index is 0.0392. The molecule has 1 saturated carbocycles. The summed E-state index contributed by atoms with van der Waals surface area (Å²) in [6.45, 7) is 4.94. The summed E-state index contributed by atoms with van der Waals surface area (Å²) in [5.41, 5.74) is 0.719. The molecule has 0 radical (unpaired) electrons. The van der Waals surface area contributed by atoms with Crippen molar-refractivity contribution in [3.63, 3.8) is 0 Å². The third-order valence-electron chi connectivity index (χ3n) is 3.89. The maximum atomic E-state index is 12.3. The molecule has 0 aliphatic heterocycles. The van der Waals surface area contributed by atoms with Crippen molar-refractivity contribution in [2.24, 2.45) is 5.92 Å². The highest BCUT2D eigenvalue weighted by molar-refractivity contribution is 5.94. The second-order valence-corrected chi connectivity index (χ2v) is 6.39. The van der Waals surface area contributed by atoms with Crippen LogP contribution in [0.3, 0.4) is 0 Å². The molecule has 3 nitrogen and oxygen atoms in total. The van der Waals surface area contributed by atoms with Crippen LogP contribution in [0.4, 0.5) is 0 Å². The maximum Gasteiger partial charge on any atom is 0.251 e. The predicted octanol–water partition coefficient (Wildman–Crippen LogP) is 4.17. The largest absolute Gasteiger partial charge is 0.493 e. The van der Waals surface area contributed by atoms with E-state index < -0.39 is 0 Å². The van der Waals surface area contributed by atoms with E-state index in [1.54, 1.807) is 0 Å². The first kappa shape index (κ1) is 15.9. The van der Waals surface area contributed by atoms with Gasteiger partial charge in [-0.3, -0.25) is 4.79 Å². The Morgan fingerprint density at radius 2 is 1.76 bits per heavy atom. The molecule has 0 unspecified atom stereocenters. The first-order chi connectivity index (χ1) is 10.1. The molecule has 1 aliphatic rings. The fourth-order valence-electron chi connectivity index (χ4n) is 2.66. The lowest BCUT2D eigenvalue weighted by atomic mass is 10.1. The highest BCUT2D eigenvalue weighted by Gasteiger charge is 2.15. The molecule has 1 aromatic rings. The SMILES string of the molecule is CC(C)COc1ccc(C(=O)NC2CCCCCC2)cc1. The number of benzene rings is 1. The van der Waals surface area contributed by atoms with Gasteiger partial charge < -0.3 is 10.1 Å². The van der Waals surface area contributed by atoms with Gasteiger partial charge in [-0.1, -0.05) is 39.5 Å². The average molecular weight is 289 g/mol. The molecule has 1 aromatic carbocycles. The van der Waals surface area contributed by atoms with Crippen LogP contribution in [0.5, 0.6) is 5.75 Å². The number of amides is 1. The molecule has 3 heteroatoms. The summed E-state index contributed by atoms with van der Waals surface area (Å²) in [5, 5.41) is 3.17. The Balaban J connectivity index is 1.86. The van der Waals surface area contributed by atoms with Gasteiger partial charge >= 0.3 is 0 Å². The van der Waals surface area contributed by atoms with Crippen molar-refractivity contribution in [1.29, 1.82) is 0 Å². The molecular formula is C18H27NO2. The van der Waals surface area contributed by atoms with Crippen molar-refractivity contribution < 1.29 is 9.53 Å². The van der Waals surface area contributed by atoms with Crippen LogP contribution in [0.25, 0.3) is 0 Å². The number of ether oxygens (including phenoxy) is 1. The Kier molecular flexibility index (Phi) is 6.09. The van der Waals surface area contributed by atoms with Crippen molar-refractivity contribution in [2.75, 3.05) is 6.61 Å². The summed E-state index contributed by atoms with van der Waals surface area (Å²) in [4.78, 5) is 12.3. The van der Waals surface area contributed by atoms with Crippen LogP contribution in [-0.2, 0) is 0 Å². The highest BCUT2D eigenvalue weighted by Crippen LogP contribution is 2.18. The monoisotopic (exact) mass is 289 g/mol. The third kappa shape index (κ3) is 5.41. The quantitative estimate of drug-likeness (QED) is 0.826. The molecule has 0 aromatic heterocycles. The van der Waals surface area contributed by atoms with Gasteiger partial charge in [0, 0.05) is 11.6 Å². The number of carbonyl (C=O) groups is 1. The molecule has 0 atom stereocenters. The van der Waals surface area contributed by atoms with E-state index in [-0.39, 0.29) is 5.91 Å². The van der Waals surface area contributed by atoms with E-state index in [1.807, 2.05) is 24.3 Å². The zero-order chi connectivity index (χ0) is 15.1. The second kappa shape index (κ2) is 8.06. The molecule has 1 amide bonds. The summed E-state index contributed by atoms with van der Waals surface area (Å²) >= 11 is 0. The zero-order valence-corrected chi connectivity index (χ0v) is 13.2. The topological polar surface area (TPSA) is 38.3 Å². The van der Waals surface area contributed by atoms with Crippen LogP contribution >= 0.6 is 0 Å². The van der Waals surface area contributed by atoms with Crippen molar-refractivity contribution in [3.05, 3.63) is 29.8 Å². The Morgan fingerprint density at radius 1 is 1.14 bits per heavy atom. The van der Waals surface area contributed by atoms with Crippen LogP contribution in [0.2, 0.25) is 0 Å². The zero-order valence-electron chi connectivity index (χ0n) is 13.2. The summed E-state index contributed by atoms with van der Waals surface area (Å²) in [7, 11) is 0. The number of carbonyl (C=O) groups excluding carboxylic acids is 1. The fraction of sp³-hybridized carbons (Fsp3) is 0.611. The average Bonchev–Trinajstić information content (AvgIpc) is 2.74. The van der Waals surface area contributed by atoms with Crippen LogP contribution in [-0.4, -0.2) is 18.6 Å². The van der Waals surface area contributed by atoms with Crippen molar-refractivity contribution in [3.8, 4) is 5.75 Å². The first-order valence-electron chi connectivity index (χ1n) is 8.19. The van der Waals surface area contributed by atoms with Crippen molar-refractivity contribution >= 4 is 5.91 Å². The lowest BCUT2D eigenvalue weighted by molar-refractivity contribution is 0.0933. The third-order valence-corrected chi connectivity index (χ3v) is 3.89. The van der Waals surface area contributed by atoms with E-state index in [4.69, 9.17) is 4.74 Å². The number of rotatable bonds is 5. The highest BCUT2D eigenvalue weighted by atomic mass is 16.5. The summed E-state index contributed by atoms with van der Waals surface area (Å²) in [6, 6.07) is 7.80. The Bertz CT molecular complexity index is 431. The van der Waals surface area contributed by atoms with Gasteiger partial charge in [0.2, 0.25) is 0 Å². The van der Waals surface area contributed by atoms with E-state index in [9.17, 15) is 4.79 Å². The first-order valence-corrected chi connectivity index (χ1v) is 8.19. The van der Waals surface area contributed by atoms with Crippen LogP contribution in [0.15, 0.2) is 24.3 Å². The molecule has 1 N–H and O–H groups in total. The predicted molar refractivity (Wildman–Crippen MR) is 85.7 cm³/mol. The van der Waals surface area contributed by atoms with Crippen molar-refractivity contribution in [2.45, 2.75) is 58.4 Å². The van der Waals surface area contributed by atoms with Crippen molar-refractivity contribution in [1.82, 2.24) is 5.32 Å². The lowest BCUT2D eigenvalue weighted by Crippen LogP contribution is -2.34. The standard InChI is InChI=1S/C18H27NO2/c1-14(2)13-21-17-11-9-15(10-12-17)18(20)19-16-7-5-3-4-6-8-16/h9-12,14,16H,3-8,13H2,1-2H3,(H,19,20). The van der Waals surface area contributed by atoms with Gasteiger partial charge in [-0.2, -0.15) is 0 Å². The second-order valence-electron chi connectivity index (χ2n) is 6.39. The van der Waals surface area contributed by atoms with Crippen LogP contribution in [0, 0.1) is 5.92 Å². The summed E-state index contributed by atoms with van der Waals surface area (Å²) in [5.74, 6) is 1.37. The lowest BCUT2D eigenvalue weighted by Gasteiger charge is -2.16. The van der Waals surface area contributed by atoms with E-state index in [0.717, 1.165) is 24.2 Å². The molecule has 21 heavy (non-hydrogen) atoms. The van der Waals surface area contributed by atoms with E-state index in [2.05, 4.69) is 19.2 Å². The van der Waals surface area contributed by atoms with E-state index >= 15 is 0 Å². The van der Waals surface area contributed by atoms with Gasteiger partial charge in [0.25, 0.3) is 5.91 Å². The van der Waals surface area contributed by atoms with Gasteiger partial charge in [-0.05, 0) is 43.0 Å². The Hall–Kier alpha value is -1.51. The normalized spacial score (nSPS) is 16.5. The smallest absolute Gasteiger partial charge is 0.251 e. The molecule has 1 aliphatic carbocycles. The number of hydrogen-bond donors (Lipinski definition) is 1. The van der Waals surface area contributed by atoms with Crippen LogP contribution < -0.4 is 10.1 Å². The van der Waals surface area contributed by atoms with E-state index in [1.165, 1.54) is 25.7 Å². The minimum atomic E-state index is 0.0392.